The van der Waals surface area contributed by atoms with Gasteiger partial charge in [-0.15, -0.1) is 0 Å². The molecule has 54 valence electrons. The number of nitrogens with zero attached hydrogens (tertiary/aromatic N) is 2. The molecule has 10 heavy (non-hydrogen) atoms. The number of hydrogen-bond acceptors (Lipinski definition) is 2. The van der Waals surface area contributed by atoms with Crippen molar-refractivity contribution in [3.8, 4) is 0 Å². The zero-order valence-electron chi connectivity index (χ0n) is 5.54. The molecule has 0 aliphatic heterocycles. The highest BCUT2D eigenvalue weighted by Gasteiger charge is 2.01. The Bertz CT molecular complexity index is 244. The minimum atomic E-state index is -0.468. The largest absolute Gasteiger partial charge is 0.301 e. The van der Waals surface area contributed by atoms with Crippen LogP contribution in [-0.2, 0) is 11.3 Å². The Kier molecular flexibility index (Phi) is 1.80. The summed E-state index contributed by atoms with van der Waals surface area (Å²) in [5.41, 5.74) is 0.583. The fourth-order valence-corrected chi connectivity index (χ4v) is 0.713. The maximum atomic E-state index is 12.5. The van der Waals surface area contributed by atoms with Crippen LogP contribution in [0.4, 0.5) is 4.39 Å². The molecule has 0 aliphatic rings. The Morgan fingerprint density at radius 2 is 2.60 bits per heavy atom. The average Bonchev–Trinajstić information content (AvgIpc) is 2.13. The number of carbonyl (C=O) groups is 1. The van der Waals surface area contributed by atoms with E-state index in [0.717, 1.165) is 4.68 Å². The number of aryl methyl sites for hydroxylation is 1. The summed E-state index contributed by atoms with van der Waals surface area (Å²) < 4.78 is 13.6. The van der Waals surface area contributed by atoms with Crippen LogP contribution in [0, 0.1) is 12.9 Å². The molecule has 0 aromatic carbocycles. The Morgan fingerprint density at radius 3 is 3.00 bits per heavy atom. The topological polar surface area (TPSA) is 34.9 Å². The molecule has 0 saturated carbocycles. The first-order valence-electron chi connectivity index (χ1n) is 2.87. The molecule has 0 saturated heterocycles. The summed E-state index contributed by atoms with van der Waals surface area (Å²) in [5.74, 6) is -0.468. The van der Waals surface area contributed by atoms with Crippen molar-refractivity contribution >= 4 is 6.29 Å². The molecule has 1 aromatic heterocycles. The van der Waals surface area contributed by atoms with Crippen molar-refractivity contribution in [3.05, 3.63) is 17.7 Å². The molecule has 0 aliphatic carbocycles. The van der Waals surface area contributed by atoms with Crippen LogP contribution in [0.25, 0.3) is 0 Å². The van der Waals surface area contributed by atoms with Crippen LogP contribution in [0.3, 0.4) is 0 Å². The van der Waals surface area contributed by atoms with Crippen LogP contribution in [0.1, 0.15) is 5.69 Å². The highest BCUT2D eigenvalue weighted by Crippen LogP contribution is 1.99. The third kappa shape index (κ3) is 1.21. The zero-order chi connectivity index (χ0) is 7.56. The van der Waals surface area contributed by atoms with Crippen molar-refractivity contribution in [2.75, 3.05) is 0 Å². The van der Waals surface area contributed by atoms with Gasteiger partial charge in [0.2, 0.25) is 5.95 Å². The first kappa shape index (κ1) is 6.92. The molecule has 0 bridgehead atoms. The van der Waals surface area contributed by atoms with E-state index in [2.05, 4.69) is 5.10 Å². The van der Waals surface area contributed by atoms with Gasteiger partial charge in [-0.2, -0.15) is 9.49 Å². The normalized spacial score (nSPS) is 9.80. The fourth-order valence-electron chi connectivity index (χ4n) is 0.713. The summed E-state index contributed by atoms with van der Waals surface area (Å²) in [5, 5.41) is 3.71. The molecule has 0 N–H and O–H groups in total. The highest BCUT2D eigenvalue weighted by molar-refractivity contribution is 5.48. The molecule has 1 aromatic rings. The third-order valence-electron chi connectivity index (χ3n) is 1.10. The summed E-state index contributed by atoms with van der Waals surface area (Å²) in [6, 6.07) is 1.28. The minimum Gasteiger partial charge on any atom is -0.301 e. The van der Waals surface area contributed by atoms with Crippen LogP contribution < -0.4 is 0 Å². The summed E-state index contributed by atoms with van der Waals surface area (Å²) in [6.07, 6.45) is 0.607. The second kappa shape index (κ2) is 2.60. The highest BCUT2D eigenvalue weighted by atomic mass is 19.1. The van der Waals surface area contributed by atoms with Gasteiger partial charge in [-0.25, -0.2) is 4.68 Å². The maximum absolute atomic E-state index is 12.5. The van der Waals surface area contributed by atoms with Gasteiger partial charge in [0.15, 0.2) is 0 Å². The molecule has 0 unspecified atom stereocenters. The van der Waals surface area contributed by atoms with Crippen molar-refractivity contribution in [3.63, 3.8) is 0 Å². The molecule has 0 amide bonds. The van der Waals surface area contributed by atoms with Gasteiger partial charge in [0.1, 0.15) is 6.29 Å². The monoisotopic (exact) mass is 142 g/mol. The van der Waals surface area contributed by atoms with Gasteiger partial charge in [0.25, 0.3) is 0 Å². The molecule has 0 spiro atoms. The van der Waals surface area contributed by atoms with E-state index in [9.17, 15) is 9.18 Å². The Balaban J connectivity index is 2.91. The Morgan fingerprint density at radius 1 is 1.90 bits per heavy atom. The third-order valence-corrected chi connectivity index (χ3v) is 1.10. The zero-order valence-corrected chi connectivity index (χ0v) is 5.54. The van der Waals surface area contributed by atoms with Crippen LogP contribution in [0.2, 0.25) is 0 Å². The van der Waals surface area contributed by atoms with Crippen molar-refractivity contribution in [1.29, 1.82) is 0 Å². The number of aldehydes is 1. The van der Waals surface area contributed by atoms with Crippen molar-refractivity contribution in [2.24, 2.45) is 0 Å². The molecular formula is C6H7FN2O. The standard InChI is InChI=1S/C6H7FN2O/c1-5-4-6(7)9(8-5)2-3-10/h3-4H,2H2,1H3. The van der Waals surface area contributed by atoms with E-state index < -0.39 is 5.95 Å². The maximum Gasteiger partial charge on any atom is 0.212 e. The van der Waals surface area contributed by atoms with Crippen LogP contribution in [0.15, 0.2) is 6.07 Å². The van der Waals surface area contributed by atoms with Gasteiger partial charge in [0, 0.05) is 6.07 Å². The van der Waals surface area contributed by atoms with E-state index in [4.69, 9.17) is 0 Å². The van der Waals surface area contributed by atoms with E-state index >= 15 is 0 Å². The smallest absolute Gasteiger partial charge is 0.212 e. The Labute approximate surface area is 57.5 Å². The summed E-state index contributed by atoms with van der Waals surface area (Å²) >= 11 is 0. The molecular weight excluding hydrogens is 135 g/mol. The number of rotatable bonds is 2. The first-order chi connectivity index (χ1) is 4.74. The molecule has 4 heteroatoms. The predicted octanol–water partition coefficient (Wildman–Crippen LogP) is 0.530. The fraction of sp³-hybridized carbons (Fsp3) is 0.333. The average molecular weight is 142 g/mol. The van der Waals surface area contributed by atoms with Crippen LogP contribution in [-0.4, -0.2) is 16.1 Å². The van der Waals surface area contributed by atoms with Gasteiger partial charge in [0.05, 0.1) is 12.2 Å². The van der Waals surface area contributed by atoms with Gasteiger partial charge < -0.3 is 4.79 Å². The van der Waals surface area contributed by atoms with Gasteiger partial charge >= 0.3 is 0 Å². The van der Waals surface area contributed by atoms with Crippen LogP contribution >= 0.6 is 0 Å². The van der Waals surface area contributed by atoms with E-state index in [-0.39, 0.29) is 6.54 Å². The lowest BCUT2D eigenvalue weighted by Crippen LogP contribution is -2.03. The number of halogens is 1. The van der Waals surface area contributed by atoms with Crippen molar-refractivity contribution < 1.29 is 9.18 Å². The number of aromatic nitrogens is 2. The lowest BCUT2D eigenvalue weighted by Gasteiger charge is -1.91. The van der Waals surface area contributed by atoms with E-state index in [1.54, 1.807) is 6.92 Å². The predicted molar refractivity (Wildman–Crippen MR) is 33.0 cm³/mol. The van der Waals surface area contributed by atoms with Crippen molar-refractivity contribution in [2.45, 2.75) is 13.5 Å². The summed E-state index contributed by atoms with van der Waals surface area (Å²) in [4.78, 5) is 9.91. The molecule has 3 nitrogen and oxygen atoms in total. The lowest BCUT2D eigenvalue weighted by atomic mass is 10.5. The molecule has 0 atom stereocenters. The molecule has 0 fully saturated rings. The van der Waals surface area contributed by atoms with Gasteiger partial charge in [-0.3, -0.25) is 0 Å². The quantitative estimate of drug-likeness (QED) is 0.564. The molecule has 1 rings (SSSR count). The summed E-state index contributed by atoms with van der Waals surface area (Å²) in [6.45, 7) is 1.66. The van der Waals surface area contributed by atoms with E-state index in [0.29, 0.717) is 12.0 Å². The first-order valence-corrected chi connectivity index (χ1v) is 2.87. The van der Waals surface area contributed by atoms with E-state index in [1.807, 2.05) is 0 Å². The Hall–Kier alpha value is -1.19. The van der Waals surface area contributed by atoms with Crippen LogP contribution in [0.5, 0.6) is 0 Å². The molecule has 1 heterocycles. The second-order valence-corrected chi connectivity index (χ2v) is 1.96. The van der Waals surface area contributed by atoms with Gasteiger partial charge in [-0.1, -0.05) is 0 Å². The summed E-state index contributed by atoms with van der Waals surface area (Å²) in [7, 11) is 0. The molecule has 0 radical (unpaired) electrons. The van der Waals surface area contributed by atoms with Crippen molar-refractivity contribution in [1.82, 2.24) is 9.78 Å². The van der Waals surface area contributed by atoms with E-state index in [1.165, 1.54) is 6.07 Å². The second-order valence-electron chi connectivity index (χ2n) is 1.96. The number of carbonyl (C=O) groups excluding carboxylic acids is 1. The minimum absolute atomic E-state index is 0.0142. The SMILES string of the molecule is Cc1cc(F)n(CC=O)n1. The lowest BCUT2D eigenvalue weighted by molar-refractivity contribution is -0.108. The van der Waals surface area contributed by atoms with Gasteiger partial charge in [-0.05, 0) is 6.92 Å². The number of hydrogen-bond donors (Lipinski definition) is 0.